The summed E-state index contributed by atoms with van der Waals surface area (Å²) in [6.07, 6.45) is 1.14. The predicted molar refractivity (Wildman–Crippen MR) is 94.5 cm³/mol. The largest absolute Gasteiger partial charge is 0.388 e. The van der Waals surface area contributed by atoms with Crippen molar-refractivity contribution in [3.05, 3.63) is 59.7 Å². The number of hydrogen-bond acceptors (Lipinski definition) is 3. The molecular weight excluding hydrogens is 300 g/mol. The van der Waals surface area contributed by atoms with Crippen LogP contribution in [0.2, 0.25) is 0 Å². The van der Waals surface area contributed by atoms with Gasteiger partial charge in [-0.3, -0.25) is 4.79 Å². The molecular formula is C20H22N2O2. The molecule has 4 nitrogen and oxygen atoms in total. The number of amides is 1. The van der Waals surface area contributed by atoms with Gasteiger partial charge in [0.2, 0.25) is 0 Å². The van der Waals surface area contributed by atoms with Crippen molar-refractivity contribution in [3.63, 3.8) is 0 Å². The average Bonchev–Trinajstić information content (AvgIpc) is 2.65. The molecule has 124 valence electrons. The minimum Gasteiger partial charge on any atom is -0.388 e. The molecule has 0 saturated carbocycles. The Labute approximate surface area is 142 Å². The smallest absolute Gasteiger partial charge is 0.252 e. The molecule has 0 unspecified atom stereocenters. The molecule has 0 atom stereocenters. The highest BCUT2D eigenvalue weighted by Crippen LogP contribution is 2.27. The molecule has 0 saturated heterocycles. The summed E-state index contributed by atoms with van der Waals surface area (Å²) in [5.74, 6) is -0.251. The van der Waals surface area contributed by atoms with Crippen LogP contribution in [0.15, 0.2) is 48.5 Å². The molecule has 0 aliphatic rings. The van der Waals surface area contributed by atoms with Crippen molar-refractivity contribution in [3.8, 4) is 17.2 Å². The van der Waals surface area contributed by atoms with E-state index in [0.29, 0.717) is 29.5 Å². The van der Waals surface area contributed by atoms with Gasteiger partial charge in [-0.2, -0.15) is 5.26 Å². The summed E-state index contributed by atoms with van der Waals surface area (Å²) in [5, 5.41) is 22.5. The number of benzene rings is 2. The van der Waals surface area contributed by atoms with Gasteiger partial charge in [0, 0.05) is 17.7 Å². The van der Waals surface area contributed by atoms with Crippen LogP contribution >= 0.6 is 0 Å². The van der Waals surface area contributed by atoms with Crippen LogP contribution in [0, 0.1) is 11.3 Å². The van der Waals surface area contributed by atoms with E-state index in [1.165, 1.54) is 0 Å². The van der Waals surface area contributed by atoms with E-state index in [-0.39, 0.29) is 12.5 Å². The Morgan fingerprint density at radius 3 is 2.29 bits per heavy atom. The molecule has 2 aromatic rings. The molecule has 0 aromatic heterocycles. The number of nitrogens with zero attached hydrogens (tertiary/aromatic N) is 1. The monoisotopic (exact) mass is 322 g/mol. The van der Waals surface area contributed by atoms with Crippen molar-refractivity contribution < 1.29 is 9.90 Å². The third-order valence-electron chi connectivity index (χ3n) is 4.40. The number of carbonyl (C=O) groups excluding carboxylic acids is 1. The fourth-order valence-electron chi connectivity index (χ4n) is 2.57. The Bertz CT molecular complexity index is 758. The summed E-state index contributed by atoms with van der Waals surface area (Å²) in [6, 6.07) is 16.6. The van der Waals surface area contributed by atoms with E-state index >= 15 is 0 Å². The van der Waals surface area contributed by atoms with Crippen molar-refractivity contribution in [2.45, 2.75) is 32.3 Å². The molecule has 2 N–H and O–H groups in total. The topological polar surface area (TPSA) is 73.1 Å². The standard InChI is InChI=1S/C20H22N2O2/c1-3-20(24,4-2)14-22-19(23)18-12-8-7-11-17(18)16-10-6-5-9-15(16)13-21/h5-12,24H,3-4,14H2,1-2H3,(H,22,23). The molecule has 0 fully saturated rings. The fraction of sp³-hybridized carbons (Fsp3) is 0.300. The maximum atomic E-state index is 12.6. The second-order valence-corrected chi connectivity index (χ2v) is 5.82. The van der Waals surface area contributed by atoms with Gasteiger partial charge < -0.3 is 10.4 Å². The molecule has 0 bridgehead atoms. The first-order chi connectivity index (χ1) is 11.5. The van der Waals surface area contributed by atoms with Gasteiger partial charge in [-0.25, -0.2) is 0 Å². The molecule has 2 aromatic carbocycles. The minimum atomic E-state index is -0.894. The van der Waals surface area contributed by atoms with Gasteiger partial charge >= 0.3 is 0 Å². The van der Waals surface area contributed by atoms with Gasteiger partial charge in [0.25, 0.3) is 5.91 Å². The summed E-state index contributed by atoms with van der Waals surface area (Å²) < 4.78 is 0. The summed E-state index contributed by atoms with van der Waals surface area (Å²) >= 11 is 0. The zero-order valence-electron chi connectivity index (χ0n) is 14.0. The van der Waals surface area contributed by atoms with E-state index in [1.807, 2.05) is 38.1 Å². The quantitative estimate of drug-likeness (QED) is 0.855. The number of aliphatic hydroxyl groups is 1. The maximum absolute atomic E-state index is 12.6. The highest BCUT2D eigenvalue weighted by molar-refractivity contribution is 6.01. The minimum absolute atomic E-state index is 0.201. The first-order valence-electron chi connectivity index (χ1n) is 8.13. The average molecular weight is 322 g/mol. The van der Waals surface area contributed by atoms with Gasteiger partial charge in [0.05, 0.1) is 17.2 Å². The second-order valence-electron chi connectivity index (χ2n) is 5.82. The van der Waals surface area contributed by atoms with Gasteiger partial charge in [-0.05, 0) is 30.5 Å². The van der Waals surface area contributed by atoms with Crippen molar-refractivity contribution in [1.82, 2.24) is 5.32 Å². The van der Waals surface area contributed by atoms with Crippen molar-refractivity contribution in [2.24, 2.45) is 0 Å². The molecule has 0 aliphatic carbocycles. The van der Waals surface area contributed by atoms with E-state index < -0.39 is 5.60 Å². The van der Waals surface area contributed by atoms with Crippen LogP contribution in [0.25, 0.3) is 11.1 Å². The third kappa shape index (κ3) is 3.81. The lowest BCUT2D eigenvalue weighted by molar-refractivity contribution is 0.0314. The number of nitriles is 1. The molecule has 2 rings (SSSR count). The van der Waals surface area contributed by atoms with Crippen LogP contribution < -0.4 is 5.32 Å². The zero-order chi connectivity index (χ0) is 17.6. The fourth-order valence-corrected chi connectivity index (χ4v) is 2.57. The van der Waals surface area contributed by atoms with Crippen LogP contribution in [-0.4, -0.2) is 23.2 Å². The second kappa shape index (κ2) is 7.76. The molecule has 0 spiro atoms. The Balaban J connectivity index is 2.33. The third-order valence-corrected chi connectivity index (χ3v) is 4.40. The first kappa shape index (κ1) is 17.7. The molecule has 0 radical (unpaired) electrons. The lowest BCUT2D eigenvalue weighted by atomic mass is 9.94. The number of carbonyl (C=O) groups is 1. The lowest BCUT2D eigenvalue weighted by Gasteiger charge is -2.25. The van der Waals surface area contributed by atoms with E-state index in [1.54, 1.807) is 24.3 Å². The summed E-state index contributed by atoms with van der Waals surface area (Å²) in [7, 11) is 0. The van der Waals surface area contributed by atoms with E-state index in [9.17, 15) is 15.2 Å². The van der Waals surface area contributed by atoms with Crippen LogP contribution in [-0.2, 0) is 0 Å². The van der Waals surface area contributed by atoms with Gasteiger partial charge in [0.15, 0.2) is 0 Å². The number of nitrogens with one attached hydrogen (secondary N) is 1. The van der Waals surface area contributed by atoms with Gasteiger partial charge in [-0.15, -0.1) is 0 Å². The summed E-state index contributed by atoms with van der Waals surface area (Å²) in [6.45, 7) is 3.99. The normalized spacial score (nSPS) is 10.9. The number of rotatable bonds is 6. The Morgan fingerprint density at radius 2 is 1.67 bits per heavy atom. The highest BCUT2D eigenvalue weighted by Gasteiger charge is 2.24. The Morgan fingerprint density at radius 1 is 1.08 bits per heavy atom. The Hall–Kier alpha value is -2.64. The van der Waals surface area contributed by atoms with E-state index in [2.05, 4.69) is 11.4 Å². The van der Waals surface area contributed by atoms with Crippen molar-refractivity contribution >= 4 is 5.91 Å². The SMILES string of the molecule is CCC(O)(CC)CNC(=O)c1ccccc1-c1ccccc1C#N. The van der Waals surface area contributed by atoms with Gasteiger partial charge in [-0.1, -0.05) is 50.2 Å². The first-order valence-corrected chi connectivity index (χ1v) is 8.13. The molecule has 4 heteroatoms. The van der Waals surface area contributed by atoms with Crippen molar-refractivity contribution in [1.29, 1.82) is 5.26 Å². The van der Waals surface area contributed by atoms with Crippen LogP contribution in [0.5, 0.6) is 0 Å². The van der Waals surface area contributed by atoms with Crippen LogP contribution in [0.4, 0.5) is 0 Å². The molecule has 24 heavy (non-hydrogen) atoms. The number of hydrogen-bond donors (Lipinski definition) is 2. The van der Waals surface area contributed by atoms with E-state index in [4.69, 9.17) is 0 Å². The Kier molecular flexibility index (Phi) is 5.73. The summed E-state index contributed by atoms with van der Waals surface area (Å²) in [4.78, 5) is 12.6. The lowest BCUT2D eigenvalue weighted by Crippen LogP contribution is -2.42. The molecule has 0 aliphatic heterocycles. The predicted octanol–water partition coefficient (Wildman–Crippen LogP) is 3.51. The highest BCUT2D eigenvalue weighted by atomic mass is 16.3. The summed E-state index contributed by atoms with van der Waals surface area (Å²) in [5.41, 5.74) is 1.57. The zero-order valence-corrected chi connectivity index (χ0v) is 14.0. The molecule has 1 amide bonds. The molecule has 0 heterocycles. The maximum Gasteiger partial charge on any atom is 0.252 e. The van der Waals surface area contributed by atoms with Crippen LogP contribution in [0.3, 0.4) is 0 Å². The van der Waals surface area contributed by atoms with Gasteiger partial charge in [0.1, 0.15) is 0 Å². The van der Waals surface area contributed by atoms with Crippen molar-refractivity contribution in [2.75, 3.05) is 6.54 Å². The van der Waals surface area contributed by atoms with E-state index in [0.717, 1.165) is 5.56 Å². The van der Waals surface area contributed by atoms with Crippen LogP contribution in [0.1, 0.15) is 42.6 Å².